The van der Waals surface area contributed by atoms with Crippen LogP contribution >= 0.6 is 0 Å². The van der Waals surface area contributed by atoms with Gasteiger partial charge in [0.2, 0.25) is 0 Å². The molecule has 1 N–H and O–H groups in total. The lowest BCUT2D eigenvalue weighted by Crippen LogP contribution is -2.21. The average molecular weight is 220 g/mol. The Morgan fingerprint density at radius 1 is 1.19 bits per heavy atom. The summed E-state index contributed by atoms with van der Waals surface area (Å²) in [7, 11) is 0. The fourth-order valence-electron chi connectivity index (χ4n) is 1.99. The maximum Gasteiger partial charge on any atom is 0.0868 e. The zero-order valence-electron chi connectivity index (χ0n) is 10.8. The summed E-state index contributed by atoms with van der Waals surface area (Å²) < 4.78 is 0. The number of hydrogen-bond donors (Lipinski definition) is 1. The molecule has 1 aromatic carbocycles. The van der Waals surface area contributed by atoms with Gasteiger partial charge in [-0.25, -0.2) is 0 Å². The predicted octanol–water partition coefficient (Wildman–Crippen LogP) is 4.04. The van der Waals surface area contributed by atoms with Crippen molar-refractivity contribution in [2.75, 3.05) is 0 Å². The SMILES string of the molecule is CCCCCC(C)(O)c1cccc(CC)c1. The Bertz CT molecular complexity index is 315. The van der Waals surface area contributed by atoms with E-state index >= 15 is 0 Å². The van der Waals surface area contributed by atoms with Gasteiger partial charge in [-0.3, -0.25) is 0 Å². The van der Waals surface area contributed by atoms with Crippen LogP contribution in [0.15, 0.2) is 24.3 Å². The van der Waals surface area contributed by atoms with Crippen molar-refractivity contribution >= 4 is 0 Å². The van der Waals surface area contributed by atoms with E-state index in [1.807, 2.05) is 19.1 Å². The van der Waals surface area contributed by atoms with Gasteiger partial charge in [-0.1, -0.05) is 57.4 Å². The Kier molecular flexibility index (Phi) is 5.01. The maximum absolute atomic E-state index is 10.4. The van der Waals surface area contributed by atoms with Gasteiger partial charge in [0, 0.05) is 0 Å². The van der Waals surface area contributed by atoms with Crippen molar-refractivity contribution < 1.29 is 5.11 Å². The largest absolute Gasteiger partial charge is 0.385 e. The third kappa shape index (κ3) is 3.64. The second kappa shape index (κ2) is 6.05. The van der Waals surface area contributed by atoms with Crippen molar-refractivity contribution in [3.63, 3.8) is 0 Å². The van der Waals surface area contributed by atoms with Crippen molar-refractivity contribution in [3.8, 4) is 0 Å². The molecule has 1 heteroatoms. The molecule has 1 nitrogen and oxygen atoms in total. The third-order valence-corrected chi connectivity index (χ3v) is 3.22. The molecule has 0 aliphatic heterocycles. The molecule has 0 saturated carbocycles. The minimum Gasteiger partial charge on any atom is -0.385 e. The predicted molar refractivity (Wildman–Crippen MR) is 69.5 cm³/mol. The van der Waals surface area contributed by atoms with Crippen molar-refractivity contribution in [1.82, 2.24) is 0 Å². The molecule has 0 saturated heterocycles. The van der Waals surface area contributed by atoms with E-state index in [1.54, 1.807) is 0 Å². The smallest absolute Gasteiger partial charge is 0.0868 e. The van der Waals surface area contributed by atoms with Gasteiger partial charge in [0.05, 0.1) is 5.60 Å². The topological polar surface area (TPSA) is 20.2 Å². The molecular weight excluding hydrogens is 196 g/mol. The number of rotatable bonds is 6. The number of aliphatic hydroxyl groups is 1. The van der Waals surface area contributed by atoms with Gasteiger partial charge in [0.1, 0.15) is 0 Å². The van der Waals surface area contributed by atoms with E-state index in [0.717, 1.165) is 24.8 Å². The van der Waals surface area contributed by atoms with Crippen LogP contribution in [0, 0.1) is 0 Å². The standard InChI is InChI=1S/C15H24O/c1-4-6-7-11-15(3,16)14-10-8-9-13(5-2)12-14/h8-10,12,16H,4-7,11H2,1-3H3. The van der Waals surface area contributed by atoms with Crippen molar-refractivity contribution in [3.05, 3.63) is 35.4 Å². The van der Waals surface area contributed by atoms with Crippen LogP contribution < -0.4 is 0 Å². The summed E-state index contributed by atoms with van der Waals surface area (Å²) in [6.45, 7) is 6.26. The van der Waals surface area contributed by atoms with Crippen LogP contribution in [0.1, 0.15) is 57.6 Å². The minimum atomic E-state index is -0.666. The van der Waals surface area contributed by atoms with Crippen molar-refractivity contribution in [2.45, 2.75) is 58.5 Å². The highest BCUT2D eigenvalue weighted by Crippen LogP contribution is 2.27. The fraction of sp³-hybridized carbons (Fsp3) is 0.600. The number of aryl methyl sites for hydroxylation is 1. The highest BCUT2D eigenvalue weighted by Gasteiger charge is 2.22. The Hall–Kier alpha value is -0.820. The molecule has 0 aromatic heterocycles. The van der Waals surface area contributed by atoms with Crippen LogP contribution in [0.2, 0.25) is 0 Å². The molecule has 1 rings (SSSR count). The monoisotopic (exact) mass is 220 g/mol. The minimum absolute atomic E-state index is 0.666. The van der Waals surface area contributed by atoms with Crippen molar-refractivity contribution in [2.24, 2.45) is 0 Å². The van der Waals surface area contributed by atoms with Gasteiger partial charge in [-0.05, 0) is 30.9 Å². The van der Waals surface area contributed by atoms with Crippen LogP contribution in [0.25, 0.3) is 0 Å². The zero-order valence-corrected chi connectivity index (χ0v) is 10.8. The molecule has 1 unspecified atom stereocenters. The molecular formula is C15H24O. The molecule has 0 fully saturated rings. The molecule has 1 aromatic rings. The average Bonchev–Trinajstić information content (AvgIpc) is 2.29. The summed E-state index contributed by atoms with van der Waals surface area (Å²) in [5, 5.41) is 10.4. The van der Waals surface area contributed by atoms with E-state index < -0.39 is 5.60 Å². The van der Waals surface area contributed by atoms with E-state index in [9.17, 15) is 5.11 Å². The summed E-state index contributed by atoms with van der Waals surface area (Å²) in [5.74, 6) is 0. The summed E-state index contributed by atoms with van der Waals surface area (Å²) in [4.78, 5) is 0. The van der Waals surface area contributed by atoms with E-state index in [-0.39, 0.29) is 0 Å². The zero-order chi connectivity index (χ0) is 12.0. The molecule has 0 radical (unpaired) electrons. The first-order valence-corrected chi connectivity index (χ1v) is 6.42. The molecule has 0 heterocycles. The van der Waals surface area contributed by atoms with Crippen LogP contribution in [0.4, 0.5) is 0 Å². The van der Waals surface area contributed by atoms with E-state index in [0.29, 0.717) is 0 Å². The highest BCUT2D eigenvalue weighted by molar-refractivity contribution is 5.27. The van der Waals surface area contributed by atoms with Crippen LogP contribution in [-0.2, 0) is 12.0 Å². The molecule has 90 valence electrons. The summed E-state index contributed by atoms with van der Waals surface area (Å²) >= 11 is 0. The molecule has 0 aliphatic rings. The van der Waals surface area contributed by atoms with Gasteiger partial charge >= 0.3 is 0 Å². The third-order valence-electron chi connectivity index (χ3n) is 3.22. The normalized spacial score (nSPS) is 14.8. The summed E-state index contributed by atoms with van der Waals surface area (Å²) in [6.07, 6.45) is 5.38. The first kappa shape index (κ1) is 13.2. The number of hydrogen-bond acceptors (Lipinski definition) is 1. The van der Waals surface area contributed by atoms with Gasteiger partial charge in [0.15, 0.2) is 0 Å². The lowest BCUT2D eigenvalue weighted by molar-refractivity contribution is 0.0449. The molecule has 1 atom stereocenters. The van der Waals surface area contributed by atoms with Gasteiger partial charge in [0.25, 0.3) is 0 Å². The van der Waals surface area contributed by atoms with E-state index in [1.165, 1.54) is 18.4 Å². The van der Waals surface area contributed by atoms with E-state index in [2.05, 4.69) is 26.0 Å². The second-order valence-electron chi connectivity index (χ2n) is 4.78. The quantitative estimate of drug-likeness (QED) is 0.717. The molecule has 0 aliphatic carbocycles. The summed E-state index contributed by atoms with van der Waals surface area (Å²) in [6, 6.07) is 8.32. The fourth-order valence-corrected chi connectivity index (χ4v) is 1.99. The summed E-state index contributed by atoms with van der Waals surface area (Å²) in [5.41, 5.74) is 1.69. The second-order valence-corrected chi connectivity index (χ2v) is 4.78. The highest BCUT2D eigenvalue weighted by atomic mass is 16.3. The van der Waals surface area contributed by atoms with Crippen LogP contribution in [0.5, 0.6) is 0 Å². The van der Waals surface area contributed by atoms with Crippen molar-refractivity contribution in [1.29, 1.82) is 0 Å². The number of unbranched alkanes of at least 4 members (excludes halogenated alkanes) is 2. The Morgan fingerprint density at radius 2 is 1.94 bits per heavy atom. The van der Waals surface area contributed by atoms with Gasteiger partial charge in [-0.2, -0.15) is 0 Å². The van der Waals surface area contributed by atoms with Crippen LogP contribution in [-0.4, -0.2) is 5.11 Å². The lowest BCUT2D eigenvalue weighted by atomic mass is 9.89. The Labute approximate surface area is 99.5 Å². The Morgan fingerprint density at radius 3 is 2.56 bits per heavy atom. The molecule has 0 bridgehead atoms. The van der Waals surface area contributed by atoms with Crippen LogP contribution in [0.3, 0.4) is 0 Å². The van der Waals surface area contributed by atoms with E-state index in [4.69, 9.17) is 0 Å². The lowest BCUT2D eigenvalue weighted by Gasteiger charge is -2.24. The Balaban J connectivity index is 2.72. The molecule has 16 heavy (non-hydrogen) atoms. The molecule has 0 spiro atoms. The first-order chi connectivity index (χ1) is 7.60. The van der Waals surface area contributed by atoms with Gasteiger partial charge in [-0.15, -0.1) is 0 Å². The maximum atomic E-state index is 10.4. The van der Waals surface area contributed by atoms with Gasteiger partial charge < -0.3 is 5.11 Å². The first-order valence-electron chi connectivity index (χ1n) is 6.42. The molecule has 0 amide bonds. The number of benzene rings is 1.